The number of hydrogen-bond acceptors (Lipinski definition) is 3. The quantitative estimate of drug-likeness (QED) is 0.760. The molecule has 0 saturated carbocycles. The number of hydrogen-bond donors (Lipinski definition) is 1. The molecule has 1 aliphatic carbocycles. The fourth-order valence-corrected chi connectivity index (χ4v) is 4.50. The van der Waals surface area contributed by atoms with E-state index in [-0.39, 0.29) is 18.1 Å². The summed E-state index contributed by atoms with van der Waals surface area (Å²) < 4.78 is 25.1. The van der Waals surface area contributed by atoms with E-state index < -0.39 is 10.0 Å². The van der Waals surface area contributed by atoms with E-state index in [2.05, 4.69) is 11.4 Å². The molecule has 1 fully saturated rings. The number of allylic oxidation sites excluding steroid dienone is 1. The Labute approximate surface area is 127 Å². The fourth-order valence-electron chi connectivity index (χ4n) is 2.90. The summed E-state index contributed by atoms with van der Waals surface area (Å²) in [7, 11) is -3.11. The zero-order valence-electron chi connectivity index (χ0n) is 12.6. The van der Waals surface area contributed by atoms with E-state index in [1.807, 2.05) is 0 Å². The van der Waals surface area contributed by atoms with Crippen molar-refractivity contribution in [3.05, 3.63) is 11.6 Å². The van der Waals surface area contributed by atoms with E-state index in [4.69, 9.17) is 0 Å². The summed E-state index contributed by atoms with van der Waals surface area (Å²) in [6.45, 7) is 1.54. The third kappa shape index (κ3) is 5.43. The molecule has 0 bridgehead atoms. The highest BCUT2D eigenvalue weighted by Gasteiger charge is 2.25. The molecule has 6 heteroatoms. The van der Waals surface area contributed by atoms with Gasteiger partial charge in [0.1, 0.15) is 0 Å². The molecule has 1 N–H and O–H groups in total. The van der Waals surface area contributed by atoms with Gasteiger partial charge in [0.15, 0.2) is 0 Å². The second kappa shape index (κ2) is 7.94. The van der Waals surface area contributed by atoms with Crippen molar-refractivity contribution in [1.29, 1.82) is 0 Å². The monoisotopic (exact) mass is 314 g/mol. The van der Waals surface area contributed by atoms with Crippen LogP contribution >= 0.6 is 0 Å². The van der Waals surface area contributed by atoms with Gasteiger partial charge in [0.2, 0.25) is 15.9 Å². The Morgan fingerprint density at radius 2 is 2.10 bits per heavy atom. The minimum atomic E-state index is -3.11. The molecule has 0 aromatic carbocycles. The summed E-state index contributed by atoms with van der Waals surface area (Å²) >= 11 is 0. The van der Waals surface area contributed by atoms with Crippen molar-refractivity contribution in [3.8, 4) is 0 Å². The van der Waals surface area contributed by atoms with Gasteiger partial charge < -0.3 is 5.32 Å². The van der Waals surface area contributed by atoms with Crippen molar-refractivity contribution in [2.45, 2.75) is 51.4 Å². The van der Waals surface area contributed by atoms with Gasteiger partial charge in [0.05, 0.1) is 5.75 Å². The van der Waals surface area contributed by atoms with Crippen LogP contribution in [0.15, 0.2) is 11.6 Å². The molecular formula is C15H26N2O3S. The number of rotatable bonds is 6. The normalized spacial score (nSPS) is 22.6. The zero-order valence-corrected chi connectivity index (χ0v) is 13.5. The first-order chi connectivity index (χ1) is 10.1. The average molecular weight is 314 g/mol. The molecule has 1 amide bonds. The molecule has 5 nitrogen and oxygen atoms in total. The number of carbonyl (C=O) groups is 1. The van der Waals surface area contributed by atoms with Gasteiger partial charge in [-0.2, -0.15) is 0 Å². The lowest BCUT2D eigenvalue weighted by Crippen LogP contribution is -2.40. The number of carbonyl (C=O) groups excluding carboxylic acids is 1. The molecule has 0 aromatic rings. The summed E-state index contributed by atoms with van der Waals surface area (Å²) in [5.41, 5.74) is 1.44. The maximum Gasteiger partial charge on any atom is 0.221 e. The van der Waals surface area contributed by atoms with Gasteiger partial charge in [0, 0.05) is 26.1 Å². The highest BCUT2D eigenvalue weighted by molar-refractivity contribution is 7.89. The molecule has 0 atom stereocenters. The molecule has 1 aliphatic heterocycles. The molecule has 1 heterocycles. The van der Waals surface area contributed by atoms with Crippen LogP contribution in [0.2, 0.25) is 0 Å². The third-order valence-corrected chi connectivity index (χ3v) is 6.15. The second-order valence-corrected chi connectivity index (χ2v) is 7.97. The molecule has 0 unspecified atom stereocenters. The minimum Gasteiger partial charge on any atom is -0.356 e. The molecule has 120 valence electrons. The Morgan fingerprint density at radius 1 is 1.24 bits per heavy atom. The molecule has 2 aliphatic rings. The topological polar surface area (TPSA) is 66.5 Å². The smallest absolute Gasteiger partial charge is 0.221 e. The first-order valence-electron chi connectivity index (χ1n) is 8.00. The van der Waals surface area contributed by atoms with Gasteiger partial charge in [-0.05, 0) is 44.9 Å². The van der Waals surface area contributed by atoms with Crippen molar-refractivity contribution in [3.63, 3.8) is 0 Å². The van der Waals surface area contributed by atoms with E-state index >= 15 is 0 Å². The Kier molecular flexibility index (Phi) is 6.23. The lowest BCUT2D eigenvalue weighted by Gasteiger charge is -2.25. The Balaban J connectivity index is 1.64. The van der Waals surface area contributed by atoms with Crippen molar-refractivity contribution in [1.82, 2.24) is 9.62 Å². The van der Waals surface area contributed by atoms with Gasteiger partial charge in [-0.3, -0.25) is 4.79 Å². The van der Waals surface area contributed by atoms with Crippen molar-refractivity contribution in [2.24, 2.45) is 0 Å². The molecule has 21 heavy (non-hydrogen) atoms. The van der Waals surface area contributed by atoms with Crippen molar-refractivity contribution in [2.75, 3.05) is 25.4 Å². The maximum absolute atomic E-state index is 11.8. The predicted molar refractivity (Wildman–Crippen MR) is 83.4 cm³/mol. The number of sulfonamides is 1. The van der Waals surface area contributed by atoms with Crippen LogP contribution in [0.4, 0.5) is 0 Å². The van der Waals surface area contributed by atoms with E-state index in [1.54, 1.807) is 0 Å². The average Bonchev–Trinajstić information content (AvgIpc) is 2.47. The molecule has 1 saturated heterocycles. The van der Waals surface area contributed by atoms with Crippen molar-refractivity contribution < 1.29 is 13.2 Å². The fraction of sp³-hybridized carbons (Fsp3) is 0.800. The second-order valence-electron chi connectivity index (χ2n) is 5.88. The summed E-state index contributed by atoms with van der Waals surface area (Å²) in [6.07, 6.45) is 9.96. The minimum absolute atomic E-state index is 0.0489. The van der Waals surface area contributed by atoms with Crippen LogP contribution in [0.3, 0.4) is 0 Å². The zero-order chi connectivity index (χ0) is 15.1. The van der Waals surface area contributed by atoms with Gasteiger partial charge >= 0.3 is 0 Å². The van der Waals surface area contributed by atoms with E-state index in [0.29, 0.717) is 19.6 Å². The predicted octanol–water partition coefficient (Wildman–Crippen LogP) is 1.81. The van der Waals surface area contributed by atoms with Crippen LogP contribution < -0.4 is 5.32 Å². The first-order valence-corrected chi connectivity index (χ1v) is 9.61. The number of nitrogens with zero attached hydrogens (tertiary/aromatic N) is 1. The molecule has 0 spiro atoms. The number of nitrogens with one attached hydrogen (secondary N) is 1. The number of amides is 1. The Morgan fingerprint density at radius 3 is 2.81 bits per heavy atom. The standard InChI is InChI=1S/C15H26N2O3S/c18-15(16-10-8-14-6-2-1-3-7-14)9-12-17-11-4-5-13-21(17,19)20/h6H,1-5,7-13H2,(H,16,18). The Hall–Kier alpha value is -0.880. The van der Waals surface area contributed by atoms with E-state index in [0.717, 1.165) is 32.1 Å². The lowest BCUT2D eigenvalue weighted by atomic mass is 9.97. The summed E-state index contributed by atoms with van der Waals surface area (Å²) in [6, 6.07) is 0. The Bertz CT molecular complexity index is 485. The van der Waals surface area contributed by atoms with Crippen LogP contribution in [0, 0.1) is 0 Å². The highest BCUT2D eigenvalue weighted by atomic mass is 32.2. The van der Waals surface area contributed by atoms with Gasteiger partial charge in [-0.15, -0.1) is 0 Å². The molecule has 0 radical (unpaired) electrons. The maximum atomic E-state index is 11.8. The van der Waals surface area contributed by atoms with Gasteiger partial charge in [0.25, 0.3) is 0 Å². The van der Waals surface area contributed by atoms with Crippen LogP contribution in [-0.4, -0.2) is 44.0 Å². The van der Waals surface area contributed by atoms with Crippen LogP contribution in [0.5, 0.6) is 0 Å². The van der Waals surface area contributed by atoms with Crippen molar-refractivity contribution >= 4 is 15.9 Å². The lowest BCUT2D eigenvalue weighted by molar-refractivity contribution is -0.121. The van der Waals surface area contributed by atoms with Gasteiger partial charge in [-0.1, -0.05) is 11.6 Å². The van der Waals surface area contributed by atoms with Gasteiger partial charge in [-0.25, -0.2) is 12.7 Å². The summed E-state index contributed by atoms with van der Waals surface area (Å²) in [5.74, 6) is 0.176. The first kappa shape index (κ1) is 16.5. The van der Waals surface area contributed by atoms with Crippen LogP contribution in [0.1, 0.15) is 51.4 Å². The van der Waals surface area contributed by atoms with Crippen LogP contribution in [0.25, 0.3) is 0 Å². The SMILES string of the molecule is O=C(CCN1CCCCS1(=O)=O)NCCC1=CCCCC1. The van der Waals surface area contributed by atoms with E-state index in [1.165, 1.54) is 22.7 Å². The highest BCUT2D eigenvalue weighted by Crippen LogP contribution is 2.19. The molecular weight excluding hydrogens is 288 g/mol. The van der Waals surface area contributed by atoms with Crippen LogP contribution in [-0.2, 0) is 14.8 Å². The third-order valence-electron chi connectivity index (χ3n) is 4.19. The summed E-state index contributed by atoms with van der Waals surface area (Å²) in [4.78, 5) is 11.8. The van der Waals surface area contributed by atoms with E-state index in [9.17, 15) is 13.2 Å². The molecule has 2 rings (SSSR count). The summed E-state index contributed by atoms with van der Waals surface area (Å²) in [5, 5.41) is 2.90. The molecule has 0 aromatic heterocycles. The largest absolute Gasteiger partial charge is 0.356 e.